The van der Waals surface area contributed by atoms with Gasteiger partial charge in [0.05, 0.1) is 11.1 Å². The molecule has 1 spiro atoms. The summed E-state index contributed by atoms with van der Waals surface area (Å²) in [5, 5.41) is 11.2. The summed E-state index contributed by atoms with van der Waals surface area (Å²) in [6.07, 6.45) is 6.57. The van der Waals surface area contributed by atoms with Crippen LogP contribution in [0.25, 0.3) is 21.9 Å². The molecule has 10 heteroatoms. The summed E-state index contributed by atoms with van der Waals surface area (Å²) in [5.41, 5.74) is 8.57. The number of rotatable bonds is 2. The molecule has 1 aliphatic carbocycles. The van der Waals surface area contributed by atoms with E-state index in [0.717, 1.165) is 40.3 Å². The highest BCUT2D eigenvalue weighted by Crippen LogP contribution is 2.58. The molecular formula is C24H29BCl3N4O2-. The van der Waals surface area contributed by atoms with Gasteiger partial charge in [-0.3, -0.25) is 4.90 Å². The molecule has 2 N–H and O–H groups in total. The zero-order chi connectivity index (χ0) is 21.9. The number of nitrogens with two attached hydrogens (primary N) is 1. The van der Waals surface area contributed by atoms with Crippen LogP contribution in [0.5, 0.6) is 0 Å². The third-order valence-electron chi connectivity index (χ3n) is 7.57. The van der Waals surface area contributed by atoms with Crippen molar-refractivity contribution in [2.75, 3.05) is 18.8 Å². The number of piperidine rings is 3. The second-order valence-electron chi connectivity index (χ2n) is 9.22. The van der Waals surface area contributed by atoms with Gasteiger partial charge in [-0.1, -0.05) is 41.9 Å². The molecule has 1 atom stereocenters. The number of hydrogen-bond donors (Lipinski definition) is 1. The van der Waals surface area contributed by atoms with Gasteiger partial charge in [-0.25, -0.2) is 0 Å². The van der Waals surface area contributed by atoms with Gasteiger partial charge < -0.3 is 14.8 Å². The number of fused-ring (bicyclic) bond motifs is 4. The molecule has 182 valence electrons. The first kappa shape index (κ1) is 25.2. The number of anilines is 1. The minimum atomic E-state index is 0. The summed E-state index contributed by atoms with van der Waals surface area (Å²) < 4.78 is 10.4. The zero-order valence-corrected chi connectivity index (χ0v) is 20.3. The van der Waals surface area contributed by atoms with Crippen molar-refractivity contribution < 1.29 is 9.05 Å². The van der Waals surface area contributed by atoms with E-state index in [0.29, 0.717) is 27.0 Å². The molecule has 1 saturated carbocycles. The summed E-state index contributed by atoms with van der Waals surface area (Å²) >= 11 is 11.7. The lowest BCUT2D eigenvalue weighted by atomic mass is 9.70. The number of hydrogen-bond acceptors (Lipinski definition) is 6. The van der Waals surface area contributed by atoms with Gasteiger partial charge in [-0.15, -0.1) is 12.4 Å². The normalized spacial score (nSPS) is 23.8. The van der Waals surface area contributed by atoms with Crippen LogP contribution in [-0.2, 0) is 6.42 Å². The summed E-state index contributed by atoms with van der Waals surface area (Å²) in [6.45, 7) is 2.63. The Morgan fingerprint density at radius 1 is 0.941 bits per heavy atom. The van der Waals surface area contributed by atoms with E-state index in [-0.39, 0.29) is 20.8 Å². The Bertz CT molecular complexity index is 1300. The molecule has 5 heterocycles. The number of benzene rings is 2. The molecule has 3 saturated heterocycles. The Labute approximate surface area is 216 Å². The highest BCUT2D eigenvalue weighted by molar-refractivity contribution is 6.31. The molecule has 0 radical (unpaired) electrons. The monoisotopic (exact) mass is 521 g/mol. The molecule has 2 bridgehead atoms. The van der Waals surface area contributed by atoms with Crippen molar-refractivity contribution in [2.45, 2.75) is 37.6 Å². The summed E-state index contributed by atoms with van der Waals surface area (Å²) in [5.74, 6) is 2.05. The summed E-state index contributed by atoms with van der Waals surface area (Å²) in [7, 11) is 0. The van der Waals surface area contributed by atoms with Gasteiger partial charge in [0.15, 0.2) is 17.0 Å². The Kier molecular flexibility index (Phi) is 7.12. The first-order valence-corrected chi connectivity index (χ1v) is 11.9. The molecular weight excluding hydrogens is 493 g/mol. The molecule has 2 aromatic heterocycles. The Balaban J connectivity index is 0.000000181. The summed E-state index contributed by atoms with van der Waals surface area (Å²) in [4.78, 5) is 2.76. The van der Waals surface area contributed by atoms with Crippen molar-refractivity contribution in [3.8, 4) is 0 Å². The van der Waals surface area contributed by atoms with Crippen molar-refractivity contribution in [1.29, 1.82) is 0 Å². The fourth-order valence-electron chi connectivity index (χ4n) is 5.84. The second kappa shape index (κ2) is 9.61. The predicted octanol–water partition coefficient (Wildman–Crippen LogP) is 4.93. The van der Waals surface area contributed by atoms with Crippen LogP contribution in [0.2, 0.25) is 10.0 Å². The van der Waals surface area contributed by atoms with Crippen LogP contribution in [0.15, 0.2) is 45.4 Å². The smallest absolute Gasteiger partial charge is 0.174 e. The second-order valence-corrected chi connectivity index (χ2v) is 10.1. The maximum Gasteiger partial charge on any atom is 0.174 e. The average molecular weight is 523 g/mol. The minimum absolute atomic E-state index is 0. The van der Waals surface area contributed by atoms with Crippen LogP contribution < -0.4 is 5.73 Å². The van der Waals surface area contributed by atoms with Crippen molar-refractivity contribution in [3.05, 3.63) is 52.1 Å². The van der Waals surface area contributed by atoms with Gasteiger partial charge in [0.25, 0.3) is 0 Å². The molecule has 3 aliphatic heterocycles. The lowest BCUT2D eigenvalue weighted by Crippen LogP contribution is -2.57. The molecule has 4 aliphatic rings. The van der Waals surface area contributed by atoms with Gasteiger partial charge in [0.1, 0.15) is 0 Å². The van der Waals surface area contributed by atoms with Crippen LogP contribution in [0.3, 0.4) is 0 Å². The van der Waals surface area contributed by atoms with Crippen LogP contribution in [0, 0.1) is 11.8 Å². The molecule has 4 aromatic rings. The van der Waals surface area contributed by atoms with Gasteiger partial charge in [-0.05, 0) is 81.3 Å². The molecule has 2 aromatic carbocycles. The SMILES string of the molecule is Cl.Clc1ccc2c(CC3C4CCN(CC4)C34CC4)noc2c1.Nc1noc2cc(Cl)ccc12.[BH4-]. The fraction of sp³-hybridized carbons (Fsp3) is 0.417. The van der Waals surface area contributed by atoms with E-state index in [1.165, 1.54) is 38.8 Å². The maximum absolute atomic E-state index is 6.03. The Morgan fingerprint density at radius 3 is 2.18 bits per heavy atom. The maximum atomic E-state index is 6.03. The van der Waals surface area contributed by atoms with Crippen molar-refractivity contribution in [3.63, 3.8) is 0 Å². The standard InChI is InChI=1S/C17H19ClN2O.C7H5ClN2O.BH4.ClH/c18-12-1-2-13-15(19-21-16(13)9-12)10-14-11-3-7-20(8-4-11)17(14)5-6-17;8-4-1-2-5-6(3-4)11-10-7(5)9;;/h1-2,9,11,14H,3-8,10H2;1-3H,(H2,9,10);1H4;1H/q;;-1;. The van der Waals surface area contributed by atoms with E-state index in [4.69, 9.17) is 38.0 Å². The van der Waals surface area contributed by atoms with E-state index < -0.39 is 0 Å². The Morgan fingerprint density at radius 2 is 1.53 bits per heavy atom. The number of aromatic nitrogens is 2. The van der Waals surface area contributed by atoms with Crippen LogP contribution in [0.4, 0.5) is 5.82 Å². The molecule has 34 heavy (non-hydrogen) atoms. The highest BCUT2D eigenvalue weighted by Gasteiger charge is 2.60. The van der Waals surface area contributed by atoms with Gasteiger partial charge in [0.2, 0.25) is 0 Å². The van der Waals surface area contributed by atoms with Crippen LogP contribution >= 0.6 is 35.6 Å². The molecule has 4 fully saturated rings. The Hall–Kier alpha value is -1.93. The van der Waals surface area contributed by atoms with Gasteiger partial charge >= 0.3 is 0 Å². The van der Waals surface area contributed by atoms with E-state index in [9.17, 15) is 0 Å². The van der Waals surface area contributed by atoms with E-state index in [1.54, 1.807) is 18.2 Å². The van der Waals surface area contributed by atoms with Gasteiger partial charge in [0, 0.05) is 33.1 Å². The lowest BCUT2D eigenvalue weighted by Gasteiger charge is -2.52. The third kappa shape index (κ3) is 4.28. The molecule has 6 nitrogen and oxygen atoms in total. The van der Waals surface area contributed by atoms with Crippen molar-refractivity contribution in [1.82, 2.24) is 15.2 Å². The largest absolute Gasteiger partial charge is 0.380 e. The van der Waals surface area contributed by atoms with Crippen molar-refractivity contribution in [2.24, 2.45) is 11.8 Å². The van der Waals surface area contributed by atoms with Gasteiger partial charge in [-0.2, -0.15) is 0 Å². The number of halogens is 3. The summed E-state index contributed by atoms with van der Waals surface area (Å²) in [6, 6.07) is 11.1. The first-order valence-electron chi connectivity index (χ1n) is 11.1. The van der Waals surface area contributed by atoms with E-state index in [1.807, 2.05) is 12.1 Å². The third-order valence-corrected chi connectivity index (χ3v) is 8.05. The molecule has 1 unspecified atom stereocenters. The fourth-order valence-corrected chi connectivity index (χ4v) is 6.17. The topological polar surface area (TPSA) is 81.3 Å². The average Bonchev–Trinajstić information content (AvgIpc) is 3.35. The van der Waals surface area contributed by atoms with E-state index in [2.05, 4.69) is 21.3 Å². The number of nitrogen functional groups attached to an aromatic ring is 1. The predicted molar refractivity (Wildman–Crippen MR) is 144 cm³/mol. The highest BCUT2D eigenvalue weighted by atomic mass is 35.5. The first-order chi connectivity index (χ1) is 15.5. The van der Waals surface area contributed by atoms with Crippen molar-refractivity contribution >= 4 is 71.8 Å². The van der Waals surface area contributed by atoms with Crippen LogP contribution in [0.1, 0.15) is 31.4 Å². The van der Waals surface area contributed by atoms with Crippen LogP contribution in [-0.4, -0.2) is 42.3 Å². The lowest BCUT2D eigenvalue weighted by molar-refractivity contribution is -0.0268. The minimum Gasteiger partial charge on any atom is -0.380 e. The molecule has 0 amide bonds. The quantitative estimate of drug-likeness (QED) is 0.376. The van der Waals surface area contributed by atoms with E-state index >= 15 is 0 Å². The number of nitrogens with zero attached hydrogens (tertiary/aromatic N) is 3. The zero-order valence-electron chi connectivity index (χ0n) is 18.0. The molecule has 8 rings (SSSR count).